The van der Waals surface area contributed by atoms with Crippen molar-refractivity contribution in [3.63, 3.8) is 0 Å². The van der Waals surface area contributed by atoms with Crippen molar-refractivity contribution in [1.82, 2.24) is 0 Å². The molecule has 0 aromatic rings. The Kier molecular flexibility index (Phi) is 12.2. The van der Waals surface area contributed by atoms with Crippen molar-refractivity contribution in [3.05, 3.63) is 0 Å². The van der Waals surface area contributed by atoms with Crippen molar-refractivity contribution in [1.29, 1.82) is 0 Å². The summed E-state index contributed by atoms with van der Waals surface area (Å²) in [6, 6.07) is 0. The van der Waals surface area contributed by atoms with E-state index in [0.717, 1.165) is 25.7 Å². The summed E-state index contributed by atoms with van der Waals surface area (Å²) in [5, 5.41) is 23.9. The number of aliphatic hydroxyl groups is 2. The van der Waals surface area contributed by atoms with E-state index in [1.807, 2.05) is 0 Å². The Hall–Kier alpha value is -0.120. The van der Waals surface area contributed by atoms with Crippen LogP contribution in [0.25, 0.3) is 0 Å². The molecule has 4 fully saturated rings. The van der Waals surface area contributed by atoms with Gasteiger partial charge in [0.25, 0.3) is 0 Å². The maximum Gasteiger partial charge on any atom is 0.0869 e. The summed E-state index contributed by atoms with van der Waals surface area (Å²) in [4.78, 5) is 0. The molecule has 4 atom stereocenters. The minimum Gasteiger partial charge on any atom is -0.390 e. The summed E-state index contributed by atoms with van der Waals surface area (Å²) >= 11 is 0. The van der Waals surface area contributed by atoms with E-state index in [0.29, 0.717) is 23.7 Å². The largest absolute Gasteiger partial charge is 0.390 e. The van der Waals surface area contributed by atoms with Crippen molar-refractivity contribution in [2.24, 2.45) is 23.7 Å². The minimum absolute atomic E-state index is 0.0788. The van der Waals surface area contributed by atoms with Crippen molar-refractivity contribution in [2.75, 3.05) is 0 Å². The molecule has 0 radical (unpaired) electrons. The topological polar surface area (TPSA) is 49.7 Å². The second kappa shape index (κ2) is 15.3. The molecule has 4 aliphatic rings. The molecule has 0 heterocycles. The van der Waals surface area contributed by atoms with E-state index < -0.39 is 0 Å². The highest BCUT2D eigenvalue weighted by atomic mass is 16.5. The first-order chi connectivity index (χ1) is 17.2. The summed E-state index contributed by atoms with van der Waals surface area (Å²) in [7, 11) is 0. The number of aliphatic hydroxyl groups excluding tert-OH is 2. The molecule has 4 unspecified atom stereocenters. The van der Waals surface area contributed by atoms with Gasteiger partial charge in [0.15, 0.2) is 0 Å². The van der Waals surface area contributed by atoms with Crippen molar-refractivity contribution >= 4 is 0 Å². The molecule has 0 bridgehead atoms. The molecular weight excluding hydrogens is 432 g/mol. The first-order valence-electron chi connectivity index (χ1n) is 16.3. The fourth-order valence-corrected chi connectivity index (χ4v) is 8.24. The van der Waals surface area contributed by atoms with Gasteiger partial charge in [0.1, 0.15) is 0 Å². The van der Waals surface area contributed by atoms with Gasteiger partial charge in [-0.3, -0.25) is 0 Å². The van der Waals surface area contributed by atoms with Gasteiger partial charge in [-0.1, -0.05) is 103 Å². The van der Waals surface area contributed by atoms with E-state index in [4.69, 9.17) is 4.74 Å². The zero-order valence-electron chi connectivity index (χ0n) is 22.9. The van der Waals surface area contributed by atoms with Crippen molar-refractivity contribution in [2.45, 2.75) is 179 Å². The van der Waals surface area contributed by atoms with Gasteiger partial charge in [-0.2, -0.15) is 0 Å². The van der Waals surface area contributed by atoms with Crippen LogP contribution in [0, 0.1) is 23.7 Å². The molecule has 3 heteroatoms. The lowest BCUT2D eigenvalue weighted by atomic mass is 9.80. The van der Waals surface area contributed by atoms with E-state index >= 15 is 0 Å². The second-order valence-electron chi connectivity index (χ2n) is 13.1. The molecule has 0 aliphatic heterocycles. The smallest absolute Gasteiger partial charge is 0.0869 e. The van der Waals surface area contributed by atoms with Crippen LogP contribution in [0.4, 0.5) is 0 Å². The summed E-state index contributed by atoms with van der Waals surface area (Å²) in [5.74, 6) is 1.70. The molecule has 0 aromatic carbocycles. The van der Waals surface area contributed by atoms with E-state index in [1.165, 1.54) is 128 Å². The highest BCUT2D eigenvalue weighted by molar-refractivity contribution is 4.90. The molecule has 204 valence electrons. The third-order valence-corrected chi connectivity index (χ3v) is 10.5. The quantitative estimate of drug-likeness (QED) is 0.336. The summed E-state index contributed by atoms with van der Waals surface area (Å²) in [5.41, 5.74) is 0. The summed E-state index contributed by atoms with van der Waals surface area (Å²) in [6.45, 7) is 0. The Morgan fingerprint density at radius 3 is 0.829 bits per heavy atom. The molecule has 4 aliphatic carbocycles. The third-order valence-electron chi connectivity index (χ3n) is 10.5. The lowest BCUT2D eigenvalue weighted by Crippen LogP contribution is -2.49. The molecule has 3 nitrogen and oxygen atoms in total. The maximum atomic E-state index is 11.9. The lowest BCUT2D eigenvalue weighted by Gasteiger charge is -2.42. The minimum atomic E-state index is -0.356. The first kappa shape index (κ1) is 27.9. The molecule has 0 amide bonds. The molecule has 35 heavy (non-hydrogen) atoms. The van der Waals surface area contributed by atoms with Gasteiger partial charge in [0, 0.05) is 0 Å². The number of ether oxygens (including phenoxy) is 1. The fraction of sp³-hybridized carbons (Fsp3) is 1.00. The Bertz CT molecular complexity index is 485. The van der Waals surface area contributed by atoms with E-state index in [-0.39, 0.29) is 24.4 Å². The Morgan fingerprint density at radius 2 is 0.571 bits per heavy atom. The van der Waals surface area contributed by atoms with Crippen LogP contribution >= 0.6 is 0 Å². The number of rotatable bonds is 8. The van der Waals surface area contributed by atoms with Crippen LogP contribution < -0.4 is 0 Å². The first-order valence-corrected chi connectivity index (χ1v) is 16.3. The van der Waals surface area contributed by atoms with Crippen LogP contribution in [0.5, 0.6) is 0 Å². The van der Waals surface area contributed by atoms with Gasteiger partial charge in [-0.15, -0.1) is 0 Å². The molecule has 0 saturated heterocycles. The van der Waals surface area contributed by atoms with E-state index in [1.54, 1.807) is 0 Å². The van der Waals surface area contributed by atoms with Crippen molar-refractivity contribution < 1.29 is 14.9 Å². The average Bonchev–Trinajstić information content (AvgIpc) is 3.48. The van der Waals surface area contributed by atoms with Gasteiger partial charge in [-0.25, -0.2) is 0 Å². The number of hydrogen-bond acceptors (Lipinski definition) is 3. The Balaban J connectivity index is 1.56. The van der Waals surface area contributed by atoms with Crippen LogP contribution in [-0.4, -0.2) is 34.6 Å². The average molecular weight is 491 g/mol. The lowest BCUT2D eigenvalue weighted by molar-refractivity contribution is -0.178. The van der Waals surface area contributed by atoms with Crippen LogP contribution in [0.15, 0.2) is 0 Å². The molecule has 4 rings (SSSR count). The van der Waals surface area contributed by atoms with Crippen molar-refractivity contribution in [3.8, 4) is 0 Å². The Labute approximate surface area is 217 Å². The van der Waals surface area contributed by atoms with Gasteiger partial charge in [0.05, 0.1) is 24.4 Å². The van der Waals surface area contributed by atoms with Gasteiger partial charge in [-0.05, 0) is 75.0 Å². The highest BCUT2D eigenvalue weighted by Gasteiger charge is 2.41. The van der Waals surface area contributed by atoms with Gasteiger partial charge < -0.3 is 14.9 Å². The summed E-state index contributed by atoms with van der Waals surface area (Å²) in [6.07, 6.45) is 29.3. The second-order valence-corrected chi connectivity index (χ2v) is 13.1. The van der Waals surface area contributed by atoms with E-state index in [9.17, 15) is 10.2 Å². The van der Waals surface area contributed by atoms with Crippen LogP contribution in [0.2, 0.25) is 0 Å². The molecule has 4 saturated carbocycles. The van der Waals surface area contributed by atoms with Crippen LogP contribution in [0.3, 0.4) is 0 Å². The van der Waals surface area contributed by atoms with E-state index in [2.05, 4.69) is 0 Å². The highest BCUT2D eigenvalue weighted by Crippen LogP contribution is 2.40. The SMILES string of the molecule is OC(C1CCCCCC1)C(OC(C1CCCCCC1)C(O)C1CCCCCC1)C1CCCCCC1. The van der Waals surface area contributed by atoms with Crippen LogP contribution in [0.1, 0.15) is 154 Å². The standard InChI is InChI=1S/C32H58O3/c33-29(25-17-9-1-2-10-18-25)31(27-21-13-5-6-14-22-27)35-32(28-23-15-7-8-16-24-28)30(34)26-19-11-3-4-12-20-26/h25-34H,1-24H2. The van der Waals surface area contributed by atoms with Gasteiger partial charge >= 0.3 is 0 Å². The molecular formula is C32H58O3. The maximum absolute atomic E-state index is 11.9. The zero-order valence-corrected chi connectivity index (χ0v) is 22.9. The van der Waals surface area contributed by atoms with Gasteiger partial charge in [0.2, 0.25) is 0 Å². The molecule has 2 N–H and O–H groups in total. The monoisotopic (exact) mass is 490 g/mol. The summed E-state index contributed by atoms with van der Waals surface area (Å²) < 4.78 is 7.25. The predicted molar refractivity (Wildman–Crippen MR) is 145 cm³/mol. The number of hydrogen-bond donors (Lipinski definition) is 2. The third kappa shape index (κ3) is 8.44. The Morgan fingerprint density at radius 1 is 0.343 bits per heavy atom. The predicted octanol–water partition coefficient (Wildman–Crippen LogP) is 8.34. The fourth-order valence-electron chi connectivity index (χ4n) is 8.24. The molecule has 0 aromatic heterocycles. The molecule has 0 spiro atoms. The zero-order chi connectivity index (χ0) is 24.3. The normalized spacial score (nSPS) is 29.3. The van der Waals surface area contributed by atoms with Crippen LogP contribution in [-0.2, 0) is 4.74 Å².